The van der Waals surface area contributed by atoms with Crippen molar-refractivity contribution in [3.63, 3.8) is 0 Å². The van der Waals surface area contributed by atoms with E-state index in [1.54, 1.807) is 19.2 Å². The van der Waals surface area contributed by atoms with Crippen molar-refractivity contribution in [1.29, 1.82) is 0 Å². The first-order valence-electron chi connectivity index (χ1n) is 5.99. The molecule has 0 saturated carbocycles. The van der Waals surface area contributed by atoms with Crippen LogP contribution in [0.4, 0.5) is 10.1 Å². The van der Waals surface area contributed by atoms with Crippen LogP contribution in [0, 0.1) is 5.82 Å². The highest BCUT2D eigenvalue weighted by Crippen LogP contribution is 2.22. The average Bonchev–Trinajstić information content (AvgIpc) is 2.41. The number of halogens is 1. The zero-order valence-corrected chi connectivity index (χ0v) is 10.7. The highest BCUT2D eigenvalue weighted by Gasteiger charge is 2.06. The molecule has 0 amide bonds. The van der Waals surface area contributed by atoms with Crippen molar-refractivity contribution in [2.24, 2.45) is 0 Å². The lowest BCUT2D eigenvalue weighted by atomic mass is 10.1. The third-order valence-corrected chi connectivity index (χ3v) is 2.79. The molecule has 3 nitrogen and oxygen atoms in total. The van der Waals surface area contributed by atoms with Gasteiger partial charge in [0, 0.05) is 24.9 Å². The van der Waals surface area contributed by atoms with Gasteiger partial charge in [0.15, 0.2) is 11.6 Å². The average molecular weight is 261 g/mol. The number of methoxy groups -OCH3 is 1. The Kier molecular flexibility index (Phi) is 4.36. The molecular weight excluding hydrogens is 245 g/mol. The summed E-state index contributed by atoms with van der Waals surface area (Å²) in [4.78, 5) is 0. The molecule has 0 aliphatic carbocycles. The van der Waals surface area contributed by atoms with Crippen LogP contribution in [0.3, 0.4) is 0 Å². The second-order valence-electron chi connectivity index (χ2n) is 4.23. The number of para-hydroxylation sites is 1. The molecule has 2 aromatic carbocycles. The number of aromatic hydroxyl groups is 1. The quantitative estimate of drug-likeness (QED) is 0.867. The Hall–Kier alpha value is -2.07. The maximum atomic E-state index is 13.2. The predicted molar refractivity (Wildman–Crippen MR) is 72.5 cm³/mol. The van der Waals surface area contributed by atoms with Gasteiger partial charge in [-0.3, -0.25) is 0 Å². The zero-order chi connectivity index (χ0) is 13.7. The monoisotopic (exact) mass is 261 g/mol. The molecule has 0 aliphatic heterocycles. The van der Waals surface area contributed by atoms with Crippen molar-refractivity contribution < 1.29 is 14.2 Å². The van der Waals surface area contributed by atoms with Gasteiger partial charge in [-0.25, -0.2) is 4.39 Å². The summed E-state index contributed by atoms with van der Waals surface area (Å²) < 4.78 is 18.2. The third kappa shape index (κ3) is 3.45. The molecule has 0 radical (unpaired) electrons. The van der Waals surface area contributed by atoms with E-state index >= 15 is 0 Å². The minimum absolute atomic E-state index is 0.303. The summed E-state index contributed by atoms with van der Waals surface area (Å²) in [5.74, 6) is -0.907. The van der Waals surface area contributed by atoms with Gasteiger partial charge in [-0.05, 0) is 23.8 Å². The largest absolute Gasteiger partial charge is 0.505 e. The summed E-state index contributed by atoms with van der Waals surface area (Å²) in [6.45, 7) is 0.904. The van der Waals surface area contributed by atoms with Crippen LogP contribution in [0.25, 0.3) is 0 Å². The molecule has 0 heterocycles. The second-order valence-corrected chi connectivity index (χ2v) is 4.23. The fourth-order valence-corrected chi connectivity index (χ4v) is 1.84. The zero-order valence-electron chi connectivity index (χ0n) is 10.7. The van der Waals surface area contributed by atoms with E-state index in [9.17, 15) is 9.50 Å². The van der Waals surface area contributed by atoms with Crippen LogP contribution in [0.2, 0.25) is 0 Å². The number of ether oxygens (including phenoxy) is 1. The van der Waals surface area contributed by atoms with Gasteiger partial charge in [0.2, 0.25) is 0 Å². The number of benzene rings is 2. The number of anilines is 1. The number of phenols is 1. The summed E-state index contributed by atoms with van der Waals surface area (Å²) in [6.07, 6.45) is 0. The Morgan fingerprint density at radius 2 is 2.00 bits per heavy atom. The van der Waals surface area contributed by atoms with E-state index < -0.39 is 5.82 Å². The maximum Gasteiger partial charge on any atom is 0.165 e. The summed E-state index contributed by atoms with van der Waals surface area (Å²) in [7, 11) is 1.64. The Balaban J connectivity index is 2.06. The minimum atomic E-state index is -0.604. The predicted octanol–water partition coefficient (Wildman–Crippen LogP) is 3.29. The normalized spacial score (nSPS) is 10.4. The molecule has 4 heteroatoms. The highest BCUT2D eigenvalue weighted by molar-refractivity contribution is 5.47. The molecule has 0 spiro atoms. The van der Waals surface area contributed by atoms with Crippen molar-refractivity contribution in [3.8, 4) is 5.75 Å². The molecular formula is C15H16FNO2. The van der Waals surface area contributed by atoms with E-state index in [1.165, 1.54) is 6.07 Å². The SMILES string of the molecule is COCc1cccc(NCc2cccc(F)c2O)c1. The molecule has 2 rings (SSSR count). The van der Waals surface area contributed by atoms with Gasteiger partial charge in [-0.15, -0.1) is 0 Å². The molecule has 2 N–H and O–H groups in total. The molecule has 0 aliphatic rings. The maximum absolute atomic E-state index is 13.2. The number of hydrogen-bond acceptors (Lipinski definition) is 3. The van der Waals surface area contributed by atoms with Crippen molar-refractivity contribution in [1.82, 2.24) is 0 Å². The lowest BCUT2D eigenvalue weighted by Gasteiger charge is -2.10. The fraction of sp³-hybridized carbons (Fsp3) is 0.200. The number of phenolic OH excluding ortho intramolecular Hbond substituents is 1. The Morgan fingerprint density at radius 3 is 2.79 bits per heavy atom. The van der Waals surface area contributed by atoms with Gasteiger partial charge < -0.3 is 15.2 Å². The van der Waals surface area contributed by atoms with Crippen LogP contribution in [-0.2, 0) is 17.9 Å². The summed E-state index contributed by atoms with van der Waals surface area (Å²) in [5.41, 5.74) is 2.48. The molecule has 0 aromatic heterocycles. The highest BCUT2D eigenvalue weighted by atomic mass is 19.1. The molecule has 0 fully saturated rings. The van der Waals surface area contributed by atoms with Gasteiger partial charge in [0.25, 0.3) is 0 Å². The van der Waals surface area contributed by atoms with Crippen molar-refractivity contribution in [2.75, 3.05) is 12.4 Å². The molecule has 0 unspecified atom stereocenters. The van der Waals surface area contributed by atoms with Crippen LogP contribution in [0.1, 0.15) is 11.1 Å². The van der Waals surface area contributed by atoms with Gasteiger partial charge >= 0.3 is 0 Å². The van der Waals surface area contributed by atoms with Crippen LogP contribution >= 0.6 is 0 Å². The number of nitrogens with one attached hydrogen (secondary N) is 1. The lowest BCUT2D eigenvalue weighted by molar-refractivity contribution is 0.185. The second kappa shape index (κ2) is 6.20. The lowest BCUT2D eigenvalue weighted by Crippen LogP contribution is -2.01. The van der Waals surface area contributed by atoms with E-state index in [4.69, 9.17) is 4.74 Å². The molecule has 100 valence electrons. The third-order valence-electron chi connectivity index (χ3n) is 2.79. The summed E-state index contributed by atoms with van der Waals surface area (Å²) >= 11 is 0. The van der Waals surface area contributed by atoms with E-state index in [1.807, 2.05) is 24.3 Å². The first-order valence-corrected chi connectivity index (χ1v) is 5.99. The summed E-state index contributed by atoms with van der Waals surface area (Å²) in [6, 6.07) is 12.3. The van der Waals surface area contributed by atoms with Gasteiger partial charge in [0.1, 0.15) is 0 Å². The van der Waals surface area contributed by atoms with Crippen molar-refractivity contribution >= 4 is 5.69 Å². The van der Waals surface area contributed by atoms with E-state index in [0.29, 0.717) is 18.7 Å². The van der Waals surface area contributed by atoms with Gasteiger partial charge in [0.05, 0.1) is 6.61 Å². The van der Waals surface area contributed by atoms with E-state index in [2.05, 4.69) is 5.32 Å². The van der Waals surface area contributed by atoms with Crippen LogP contribution in [0.15, 0.2) is 42.5 Å². The molecule has 0 saturated heterocycles. The molecule has 2 aromatic rings. The smallest absolute Gasteiger partial charge is 0.165 e. The van der Waals surface area contributed by atoms with Gasteiger partial charge in [-0.2, -0.15) is 0 Å². The van der Waals surface area contributed by atoms with Gasteiger partial charge in [-0.1, -0.05) is 24.3 Å². The van der Waals surface area contributed by atoms with Crippen LogP contribution in [0.5, 0.6) is 5.75 Å². The van der Waals surface area contributed by atoms with Crippen LogP contribution in [-0.4, -0.2) is 12.2 Å². The topological polar surface area (TPSA) is 41.5 Å². The van der Waals surface area contributed by atoms with Crippen LogP contribution < -0.4 is 5.32 Å². The molecule has 19 heavy (non-hydrogen) atoms. The fourth-order valence-electron chi connectivity index (χ4n) is 1.84. The molecule has 0 atom stereocenters. The first-order chi connectivity index (χ1) is 9.20. The summed E-state index contributed by atoms with van der Waals surface area (Å²) in [5, 5.41) is 12.7. The minimum Gasteiger partial charge on any atom is -0.505 e. The molecule has 0 bridgehead atoms. The first kappa shape index (κ1) is 13.4. The number of hydrogen-bond donors (Lipinski definition) is 2. The van der Waals surface area contributed by atoms with Crippen molar-refractivity contribution in [3.05, 3.63) is 59.4 Å². The van der Waals surface area contributed by atoms with E-state index in [0.717, 1.165) is 11.3 Å². The Morgan fingerprint density at radius 1 is 1.21 bits per heavy atom. The number of rotatable bonds is 5. The Labute approximate surface area is 111 Å². The van der Waals surface area contributed by atoms with Crippen molar-refractivity contribution in [2.45, 2.75) is 13.2 Å². The Bertz CT molecular complexity index is 558. The van der Waals surface area contributed by atoms with E-state index in [-0.39, 0.29) is 5.75 Å². The standard InChI is InChI=1S/C15H16FNO2/c1-19-10-11-4-2-6-13(8-11)17-9-12-5-3-7-14(16)15(12)18/h2-8,17-18H,9-10H2,1H3.